The Balaban J connectivity index is 1.75. The van der Waals surface area contributed by atoms with Crippen molar-refractivity contribution in [2.24, 2.45) is 0 Å². The Labute approximate surface area is 84.1 Å². The molecule has 2 N–H and O–H groups in total. The maximum absolute atomic E-state index is 5.48. The minimum Gasteiger partial charge on any atom is -0.378 e. The van der Waals surface area contributed by atoms with Gasteiger partial charge < -0.3 is 15.0 Å². The van der Waals surface area contributed by atoms with Crippen molar-refractivity contribution in [3.63, 3.8) is 0 Å². The van der Waals surface area contributed by atoms with Crippen molar-refractivity contribution in [1.29, 1.82) is 0 Å². The third-order valence-corrected chi connectivity index (χ3v) is 2.60. The molecule has 4 heteroatoms. The Morgan fingerprint density at radius 1 is 1.71 bits per heavy atom. The molecule has 14 heavy (non-hydrogen) atoms. The summed E-state index contributed by atoms with van der Waals surface area (Å²) in [4.78, 5) is 7.25. The van der Waals surface area contributed by atoms with E-state index in [0.29, 0.717) is 12.1 Å². The smallest absolute Gasteiger partial charge is 0.120 e. The zero-order chi connectivity index (χ0) is 9.80. The first-order valence-electron chi connectivity index (χ1n) is 5.18. The second-order valence-corrected chi connectivity index (χ2v) is 3.82. The summed E-state index contributed by atoms with van der Waals surface area (Å²) in [5.41, 5.74) is 0. The highest BCUT2D eigenvalue weighted by molar-refractivity contribution is 4.87. The highest BCUT2D eigenvalue weighted by atomic mass is 16.5. The summed E-state index contributed by atoms with van der Waals surface area (Å²) in [5.74, 6) is 1.00. The van der Waals surface area contributed by atoms with Gasteiger partial charge in [0.2, 0.25) is 0 Å². The SMILES string of the molecule is CC1CC(NCc2ncc[nH]2)CCO1. The van der Waals surface area contributed by atoms with Crippen LogP contribution in [-0.4, -0.2) is 28.7 Å². The third kappa shape index (κ3) is 2.56. The molecule has 4 nitrogen and oxygen atoms in total. The van der Waals surface area contributed by atoms with Crippen molar-refractivity contribution in [2.45, 2.75) is 38.5 Å². The number of rotatable bonds is 3. The molecule has 0 radical (unpaired) electrons. The van der Waals surface area contributed by atoms with E-state index in [9.17, 15) is 0 Å². The lowest BCUT2D eigenvalue weighted by atomic mass is 10.0. The summed E-state index contributed by atoms with van der Waals surface area (Å²) in [6.45, 7) is 3.82. The van der Waals surface area contributed by atoms with Crippen molar-refractivity contribution in [2.75, 3.05) is 6.61 Å². The molecule has 0 saturated carbocycles. The van der Waals surface area contributed by atoms with E-state index in [0.717, 1.165) is 31.8 Å². The van der Waals surface area contributed by atoms with Crippen molar-refractivity contribution in [1.82, 2.24) is 15.3 Å². The molecule has 78 valence electrons. The fourth-order valence-electron chi connectivity index (χ4n) is 1.82. The van der Waals surface area contributed by atoms with Gasteiger partial charge in [-0.15, -0.1) is 0 Å². The van der Waals surface area contributed by atoms with E-state index in [1.54, 1.807) is 6.20 Å². The molecule has 1 fully saturated rings. The fraction of sp³-hybridized carbons (Fsp3) is 0.700. The van der Waals surface area contributed by atoms with Crippen molar-refractivity contribution in [3.8, 4) is 0 Å². The van der Waals surface area contributed by atoms with Gasteiger partial charge in [0.15, 0.2) is 0 Å². The summed E-state index contributed by atoms with van der Waals surface area (Å²) < 4.78 is 5.48. The van der Waals surface area contributed by atoms with E-state index >= 15 is 0 Å². The van der Waals surface area contributed by atoms with Gasteiger partial charge in [-0.3, -0.25) is 0 Å². The molecule has 0 amide bonds. The van der Waals surface area contributed by atoms with Gasteiger partial charge in [-0.2, -0.15) is 0 Å². The van der Waals surface area contributed by atoms with Crippen molar-refractivity contribution in [3.05, 3.63) is 18.2 Å². The molecule has 0 aromatic carbocycles. The summed E-state index contributed by atoms with van der Waals surface area (Å²) in [6, 6.07) is 0.573. The lowest BCUT2D eigenvalue weighted by Gasteiger charge is -2.27. The normalized spacial score (nSPS) is 27.8. The van der Waals surface area contributed by atoms with Gasteiger partial charge in [0.05, 0.1) is 12.6 Å². The van der Waals surface area contributed by atoms with Gasteiger partial charge in [-0.1, -0.05) is 0 Å². The molecule has 1 aromatic heterocycles. The largest absolute Gasteiger partial charge is 0.378 e. The molecular weight excluding hydrogens is 178 g/mol. The molecule has 2 atom stereocenters. The van der Waals surface area contributed by atoms with E-state index < -0.39 is 0 Å². The first kappa shape index (κ1) is 9.68. The van der Waals surface area contributed by atoms with E-state index in [4.69, 9.17) is 4.74 Å². The van der Waals surface area contributed by atoms with Gasteiger partial charge >= 0.3 is 0 Å². The standard InChI is InChI=1S/C10H17N3O/c1-8-6-9(2-5-14-8)13-7-10-11-3-4-12-10/h3-4,8-9,13H,2,5-7H2,1H3,(H,11,12). The van der Waals surface area contributed by atoms with Crippen LogP contribution in [0, 0.1) is 0 Å². The van der Waals surface area contributed by atoms with E-state index in [-0.39, 0.29) is 0 Å². The second kappa shape index (κ2) is 4.57. The van der Waals surface area contributed by atoms with E-state index in [1.807, 2.05) is 6.20 Å². The number of H-pyrrole nitrogens is 1. The lowest BCUT2D eigenvalue weighted by molar-refractivity contribution is 0.0129. The summed E-state index contributed by atoms with van der Waals surface area (Å²) in [5, 5.41) is 3.48. The predicted octanol–water partition coefficient (Wildman–Crippen LogP) is 1.07. The van der Waals surface area contributed by atoms with Crippen LogP contribution in [0.3, 0.4) is 0 Å². The Hall–Kier alpha value is -0.870. The molecular formula is C10H17N3O. The number of ether oxygens (including phenoxy) is 1. The Bertz CT molecular complexity index is 260. The Kier molecular flexibility index (Phi) is 3.16. The average molecular weight is 195 g/mol. The number of imidazole rings is 1. The minimum atomic E-state index is 0.387. The quantitative estimate of drug-likeness (QED) is 0.758. The van der Waals surface area contributed by atoms with Gasteiger partial charge in [0.25, 0.3) is 0 Å². The zero-order valence-corrected chi connectivity index (χ0v) is 8.49. The minimum absolute atomic E-state index is 0.387. The Morgan fingerprint density at radius 2 is 2.64 bits per heavy atom. The molecule has 2 heterocycles. The van der Waals surface area contributed by atoms with Crippen LogP contribution in [0.5, 0.6) is 0 Å². The molecule has 0 spiro atoms. The second-order valence-electron chi connectivity index (χ2n) is 3.82. The van der Waals surface area contributed by atoms with Crippen LogP contribution in [0.15, 0.2) is 12.4 Å². The van der Waals surface area contributed by atoms with Crippen LogP contribution in [0.25, 0.3) is 0 Å². The van der Waals surface area contributed by atoms with Crippen LogP contribution in [0.4, 0.5) is 0 Å². The molecule has 1 aliphatic rings. The summed E-state index contributed by atoms with van der Waals surface area (Å²) in [6.07, 6.45) is 6.22. The highest BCUT2D eigenvalue weighted by Crippen LogP contribution is 2.13. The van der Waals surface area contributed by atoms with E-state index in [1.165, 1.54) is 0 Å². The molecule has 1 aromatic rings. The van der Waals surface area contributed by atoms with Gasteiger partial charge in [0, 0.05) is 25.0 Å². The van der Waals surface area contributed by atoms with Crippen molar-refractivity contribution >= 4 is 0 Å². The fourth-order valence-corrected chi connectivity index (χ4v) is 1.82. The topological polar surface area (TPSA) is 49.9 Å². The van der Waals surface area contributed by atoms with Gasteiger partial charge in [-0.05, 0) is 19.8 Å². The summed E-state index contributed by atoms with van der Waals surface area (Å²) >= 11 is 0. The van der Waals surface area contributed by atoms with Crippen molar-refractivity contribution < 1.29 is 4.74 Å². The van der Waals surface area contributed by atoms with Gasteiger partial charge in [-0.25, -0.2) is 4.98 Å². The van der Waals surface area contributed by atoms with Crippen LogP contribution >= 0.6 is 0 Å². The highest BCUT2D eigenvalue weighted by Gasteiger charge is 2.18. The number of aromatic amines is 1. The van der Waals surface area contributed by atoms with Gasteiger partial charge in [0.1, 0.15) is 5.82 Å². The first-order valence-corrected chi connectivity index (χ1v) is 5.18. The number of hydrogen-bond donors (Lipinski definition) is 2. The monoisotopic (exact) mass is 195 g/mol. The summed E-state index contributed by atoms with van der Waals surface area (Å²) in [7, 11) is 0. The number of nitrogens with zero attached hydrogens (tertiary/aromatic N) is 1. The molecule has 2 unspecified atom stereocenters. The first-order chi connectivity index (χ1) is 6.84. The van der Waals surface area contributed by atoms with Crippen LogP contribution in [0.2, 0.25) is 0 Å². The molecule has 1 aliphatic heterocycles. The van der Waals surface area contributed by atoms with E-state index in [2.05, 4.69) is 22.2 Å². The third-order valence-electron chi connectivity index (χ3n) is 2.60. The molecule has 1 saturated heterocycles. The predicted molar refractivity (Wildman–Crippen MR) is 53.9 cm³/mol. The molecule has 0 aliphatic carbocycles. The average Bonchev–Trinajstić information content (AvgIpc) is 2.67. The molecule has 2 rings (SSSR count). The number of aromatic nitrogens is 2. The lowest BCUT2D eigenvalue weighted by Crippen LogP contribution is -2.37. The Morgan fingerprint density at radius 3 is 3.36 bits per heavy atom. The zero-order valence-electron chi connectivity index (χ0n) is 8.49. The molecule has 0 bridgehead atoms. The maximum Gasteiger partial charge on any atom is 0.120 e. The van der Waals surface area contributed by atoms with Crippen LogP contribution in [-0.2, 0) is 11.3 Å². The van der Waals surface area contributed by atoms with Crippen LogP contribution < -0.4 is 5.32 Å². The number of nitrogens with one attached hydrogen (secondary N) is 2. The van der Waals surface area contributed by atoms with Crippen LogP contribution in [0.1, 0.15) is 25.6 Å². The number of hydrogen-bond acceptors (Lipinski definition) is 3. The maximum atomic E-state index is 5.48.